The molecular weight excluding hydrogens is 336 g/mol. The summed E-state index contributed by atoms with van der Waals surface area (Å²) in [4.78, 5) is 17.0. The Bertz CT molecular complexity index is 1020. The van der Waals surface area contributed by atoms with Crippen molar-refractivity contribution in [3.8, 4) is 17.2 Å². The van der Waals surface area contributed by atoms with E-state index in [2.05, 4.69) is 18.0 Å². The summed E-state index contributed by atoms with van der Waals surface area (Å²) in [5, 5.41) is 10.1. The van der Waals surface area contributed by atoms with Crippen LogP contribution in [0.2, 0.25) is 0 Å². The number of nitriles is 1. The molecule has 0 saturated heterocycles. The zero-order valence-electron chi connectivity index (χ0n) is 13.8. The molecule has 0 unspecified atom stereocenters. The number of esters is 1. The first-order chi connectivity index (χ1) is 12.0. The lowest BCUT2D eigenvalue weighted by atomic mass is 9.96. The summed E-state index contributed by atoms with van der Waals surface area (Å²) in [5.41, 5.74) is 15.2. The molecule has 2 aromatic heterocycles. The summed E-state index contributed by atoms with van der Waals surface area (Å²) < 4.78 is 4.78. The fourth-order valence-corrected chi connectivity index (χ4v) is 3.75. The Morgan fingerprint density at radius 2 is 2.00 bits per heavy atom. The maximum Gasteiger partial charge on any atom is 0.350 e. The summed E-state index contributed by atoms with van der Waals surface area (Å²) in [7, 11) is 1.29. The second-order valence-corrected chi connectivity index (χ2v) is 6.42. The monoisotopic (exact) mass is 352 g/mol. The number of benzene rings is 1. The molecule has 7 heteroatoms. The van der Waals surface area contributed by atoms with E-state index in [1.54, 1.807) is 0 Å². The molecule has 0 spiro atoms. The number of carbonyl (C=O) groups is 1. The number of carbonyl (C=O) groups excluding carboxylic acids is 1. The number of thiophene rings is 1. The van der Waals surface area contributed by atoms with Gasteiger partial charge in [0.2, 0.25) is 0 Å². The van der Waals surface area contributed by atoms with Crippen LogP contribution in [0.1, 0.15) is 27.7 Å². The number of ether oxygens (including phenoxy) is 1. The number of pyridine rings is 1. The van der Waals surface area contributed by atoms with Crippen molar-refractivity contribution in [3.63, 3.8) is 0 Å². The van der Waals surface area contributed by atoms with Crippen LogP contribution in [0.15, 0.2) is 24.3 Å². The molecule has 0 aliphatic rings. The highest BCUT2D eigenvalue weighted by Gasteiger charge is 2.24. The fourth-order valence-electron chi connectivity index (χ4n) is 2.72. The lowest BCUT2D eigenvalue weighted by molar-refractivity contribution is 0.0607. The molecule has 0 radical (unpaired) electrons. The minimum Gasteiger partial charge on any atom is -0.465 e. The molecule has 0 bridgehead atoms. The normalized spacial score (nSPS) is 10.6. The zero-order valence-corrected chi connectivity index (χ0v) is 14.6. The van der Waals surface area contributed by atoms with E-state index in [4.69, 9.17) is 16.2 Å². The molecule has 1 aromatic carbocycles. The van der Waals surface area contributed by atoms with Crippen LogP contribution in [0, 0.1) is 11.3 Å². The number of nitrogens with zero attached hydrogens (tertiary/aromatic N) is 2. The van der Waals surface area contributed by atoms with Crippen molar-refractivity contribution in [3.05, 3.63) is 40.3 Å². The highest BCUT2D eigenvalue weighted by Crippen LogP contribution is 2.42. The largest absolute Gasteiger partial charge is 0.465 e. The Morgan fingerprint density at radius 1 is 1.32 bits per heavy atom. The first kappa shape index (κ1) is 16.7. The molecule has 3 aromatic rings. The van der Waals surface area contributed by atoms with Gasteiger partial charge in [0.1, 0.15) is 27.2 Å². The van der Waals surface area contributed by atoms with Gasteiger partial charge in [-0.25, -0.2) is 9.78 Å². The van der Waals surface area contributed by atoms with Gasteiger partial charge in [-0.3, -0.25) is 0 Å². The number of anilines is 2. The molecule has 4 N–H and O–H groups in total. The van der Waals surface area contributed by atoms with Crippen molar-refractivity contribution in [2.45, 2.75) is 13.3 Å². The second-order valence-electron chi connectivity index (χ2n) is 5.43. The number of nitrogen functional groups attached to an aromatic ring is 2. The molecule has 25 heavy (non-hydrogen) atoms. The highest BCUT2D eigenvalue weighted by molar-refractivity contribution is 7.21. The van der Waals surface area contributed by atoms with Crippen LogP contribution >= 0.6 is 11.3 Å². The van der Waals surface area contributed by atoms with Gasteiger partial charge in [-0.15, -0.1) is 11.3 Å². The van der Waals surface area contributed by atoms with Gasteiger partial charge in [-0.2, -0.15) is 5.26 Å². The van der Waals surface area contributed by atoms with Crippen LogP contribution in [-0.2, 0) is 11.2 Å². The minimum absolute atomic E-state index is 0.113. The summed E-state index contributed by atoms with van der Waals surface area (Å²) >= 11 is 1.11. The summed E-state index contributed by atoms with van der Waals surface area (Å²) in [6, 6.07) is 9.92. The molecule has 3 rings (SSSR count). The molecule has 6 nitrogen and oxygen atoms in total. The van der Waals surface area contributed by atoms with Crippen molar-refractivity contribution in [1.29, 1.82) is 5.26 Å². The van der Waals surface area contributed by atoms with Gasteiger partial charge < -0.3 is 16.2 Å². The number of aryl methyl sites for hydroxylation is 1. The minimum atomic E-state index is -0.537. The van der Waals surface area contributed by atoms with E-state index < -0.39 is 5.97 Å². The van der Waals surface area contributed by atoms with E-state index in [9.17, 15) is 10.1 Å². The Morgan fingerprint density at radius 3 is 2.56 bits per heavy atom. The van der Waals surface area contributed by atoms with Crippen LogP contribution in [0.5, 0.6) is 0 Å². The van der Waals surface area contributed by atoms with Gasteiger partial charge in [0.25, 0.3) is 0 Å². The first-order valence-corrected chi connectivity index (χ1v) is 8.42. The topological polar surface area (TPSA) is 115 Å². The summed E-state index contributed by atoms with van der Waals surface area (Å²) in [6.45, 7) is 2.07. The molecule has 0 saturated carbocycles. The van der Waals surface area contributed by atoms with Crippen molar-refractivity contribution in [2.24, 2.45) is 0 Å². The van der Waals surface area contributed by atoms with Crippen molar-refractivity contribution in [2.75, 3.05) is 18.6 Å². The standard InChI is InChI=1S/C18H16N4O2S/c1-3-9-4-6-10(7-5-9)12-11(8-19)16(21)22-17-13(12)14(20)15(25-17)18(23)24-2/h4-7H,3,20H2,1-2H3,(H2,21,22). The molecule has 0 amide bonds. The lowest BCUT2D eigenvalue weighted by Gasteiger charge is -2.10. The lowest BCUT2D eigenvalue weighted by Crippen LogP contribution is -2.02. The molecule has 126 valence electrons. The van der Waals surface area contributed by atoms with E-state index in [-0.39, 0.29) is 21.9 Å². The number of rotatable bonds is 3. The summed E-state index contributed by atoms with van der Waals surface area (Å²) in [5.74, 6) is -0.424. The fraction of sp³-hybridized carbons (Fsp3) is 0.167. The predicted octanol–water partition coefficient (Wildman–Crippen LogP) is 3.35. The van der Waals surface area contributed by atoms with Crippen LogP contribution < -0.4 is 11.5 Å². The Kier molecular flexibility index (Phi) is 4.30. The smallest absolute Gasteiger partial charge is 0.350 e. The Labute approximate surface area is 148 Å². The highest BCUT2D eigenvalue weighted by atomic mass is 32.1. The summed E-state index contributed by atoms with van der Waals surface area (Å²) in [6.07, 6.45) is 0.909. The first-order valence-electron chi connectivity index (χ1n) is 7.60. The molecule has 0 atom stereocenters. The van der Waals surface area contributed by atoms with E-state index in [0.717, 1.165) is 23.3 Å². The SMILES string of the molecule is CCc1ccc(-c2c(C#N)c(N)nc3sc(C(=O)OC)c(N)c23)cc1. The number of methoxy groups -OCH3 is 1. The average Bonchev–Trinajstić information content (AvgIpc) is 2.96. The van der Waals surface area contributed by atoms with Gasteiger partial charge in [-0.1, -0.05) is 31.2 Å². The van der Waals surface area contributed by atoms with Gasteiger partial charge >= 0.3 is 5.97 Å². The third-order valence-electron chi connectivity index (χ3n) is 4.04. The third-order valence-corrected chi connectivity index (χ3v) is 5.12. The number of nitrogens with two attached hydrogens (primary N) is 2. The van der Waals surface area contributed by atoms with Crippen molar-refractivity contribution < 1.29 is 9.53 Å². The number of fused-ring (bicyclic) bond motifs is 1. The van der Waals surface area contributed by atoms with E-state index in [1.165, 1.54) is 12.7 Å². The average molecular weight is 352 g/mol. The van der Waals surface area contributed by atoms with Gasteiger partial charge in [-0.05, 0) is 17.5 Å². The predicted molar refractivity (Wildman–Crippen MR) is 99.3 cm³/mol. The van der Waals surface area contributed by atoms with Gasteiger partial charge in [0, 0.05) is 10.9 Å². The van der Waals surface area contributed by atoms with E-state index in [0.29, 0.717) is 15.8 Å². The van der Waals surface area contributed by atoms with E-state index in [1.807, 2.05) is 24.3 Å². The third kappa shape index (κ3) is 2.66. The number of aromatic nitrogens is 1. The van der Waals surface area contributed by atoms with Gasteiger partial charge in [0.05, 0.1) is 12.8 Å². The van der Waals surface area contributed by atoms with E-state index >= 15 is 0 Å². The zero-order chi connectivity index (χ0) is 18.1. The maximum absolute atomic E-state index is 12.0. The number of hydrogen-bond donors (Lipinski definition) is 2. The van der Waals surface area contributed by atoms with Gasteiger partial charge in [0.15, 0.2) is 0 Å². The Balaban J connectivity index is 2.39. The van der Waals surface area contributed by atoms with Crippen LogP contribution in [-0.4, -0.2) is 18.1 Å². The maximum atomic E-state index is 12.0. The molecule has 0 aliphatic heterocycles. The van der Waals surface area contributed by atoms with Crippen LogP contribution in [0.25, 0.3) is 21.3 Å². The second kappa shape index (κ2) is 6.42. The molecular formula is C18H16N4O2S. The molecule has 2 heterocycles. The van der Waals surface area contributed by atoms with Crippen molar-refractivity contribution in [1.82, 2.24) is 4.98 Å². The van der Waals surface area contributed by atoms with Crippen LogP contribution in [0.3, 0.4) is 0 Å². The van der Waals surface area contributed by atoms with Crippen molar-refractivity contribution >= 4 is 39.0 Å². The number of hydrogen-bond acceptors (Lipinski definition) is 7. The Hall–Kier alpha value is -3.11. The van der Waals surface area contributed by atoms with Crippen LogP contribution in [0.4, 0.5) is 11.5 Å². The quantitative estimate of drug-likeness (QED) is 0.699. The molecule has 0 aliphatic carbocycles. The molecule has 0 fully saturated rings.